The van der Waals surface area contributed by atoms with E-state index in [1.807, 2.05) is 6.07 Å². The molecule has 0 heterocycles. The molecule has 0 unspecified atom stereocenters. The van der Waals surface area contributed by atoms with Gasteiger partial charge in [-0.15, -0.1) is 0 Å². The maximum atomic E-state index is 11.4. The van der Waals surface area contributed by atoms with Gasteiger partial charge in [0, 0.05) is 7.05 Å². The number of hydrogen-bond donors (Lipinski definition) is 1. The van der Waals surface area contributed by atoms with Gasteiger partial charge in [0.25, 0.3) is 5.91 Å². The van der Waals surface area contributed by atoms with Crippen molar-refractivity contribution in [2.45, 2.75) is 0 Å². The Bertz CT molecular complexity index is 394. The molecule has 0 aromatic heterocycles. The summed E-state index contributed by atoms with van der Waals surface area (Å²) in [4.78, 5) is 11.4. The number of methoxy groups -OCH3 is 1. The quantitative estimate of drug-likeness (QED) is 0.754. The normalized spacial score (nSPS) is 8.93. The molecule has 72 valence electrons. The van der Waals surface area contributed by atoms with Gasteiger partial charge in [-0.05, 0) is 18.2 Å². The van der Waals surface area contributed by atoms with Gasteiger partial charge < -0.3 is 10.1 Å². The zero-order chi connectivity index (χ0) is 10.6. The highest BCUT2D eigenvalue weighted by Crippen LogP contribution is 2.19. The standard InChI is InChI=1S/C10H10N2O2/c1-12-10(13)8-5-7(6-11)3-4-9(8)14-2/h3-5H,1-2H3,(H,12,13). The predicted octanol–water partition coefficient (Wildman–Crippen LogP) is 0.926. The molecule has 0 saturated heterocycles. The monoisotopic (exact) mass is 190 g/mol. The second kappa shape index (κ2) is 4.28. The Labute approximate surface area is 82.1 Å². The van der Waals surface area contributed by atoms with Crippen molar-refractivity contribution < 1.29 is 9.53 Å². The minimum absolute atomic E-state index is 0.265. The molecule has 14 heavy (non-hydrogen) atoms. The Morgan fingerprint density at radius 1 is 1.57 bits per heavy atom. The first-order chi connectivity index (χ1) is 6.72. The zero-order valence-electron chi connectivity index (χ0n) is 8.00. The number of amides is 1. The van der Waals surface area contributed by atoms with Crippen LogP contribution in [0.25, 0.3) is 0 Å². The minimum atomic E-state index is -0.265. The van der Waals surface area contributed by atoms with E-state index in [0.29, 0.717) is 16.9 Å². The second-order valence-electron chi connectivity index (χ2n) is 2.61. The van der Waals surface area contributed by atoms with Crippen LogP contribution in [-0.4, -0.2) is 20.1 Å². The van der Waals surface area contributed by atoms with Crippen LogP contribution < -0.4 is 10.1 Å². The van der Waals surface area contributed by atoms with Crippen molar-refractivity contribution in [3.63, 3.8) is 0 Å². The van der Waals surface area contributed by atoms with E-state index in [2.05, 4.69) is 5.32 Å². The summed E-state index contributed by atoms with van der Waals surface area (Å²) >= 11 is 0. The average Bonchev–Trinajstić information content (AvgIpc) is 2.27. The molecule has 1 N–H and O–H groups in total. The van der Waals surface area contributed by atoms with Crippen LogP contribution in [0.4, 0.5) is 0 Å². The molecule has 0 aliphatic carbocycles. The fraction of sp³-hybridized carbons (Fsp3) is 0.200. The Morgan fingerprint density at radius 3 is 2.79 bits per heavy atom. The third kappa shape index (κ3) is 1.83. The van der Waals surface area contributed by atoms with Crippen LogP contribution in [0.2, 0.25) is 0 Å². The molecule has 1 rings (SSSR count). The number of benzene rings is 1. The molecule has 1 amide bonds. The van der Waals surface area contributed by atoms with Gasteiger partial charge in [0.05, 0.1) is 24.3 Å². The summed E-state index contributed by atoms with van der Waals surface area (Å²) in [7, 11) is 3.01. The summed E-state index contributed by atoms with van der Waals surface area (Å²) in [6, 6.07) is 6.66. The molecule has 4 heteroatoms. The van der Waals surface area contributed by atoms with Crippen molar-refractivity contribution >= 4 is 5.91 Å². The Morgan fingerprint density at radius 2 is 2.29 bits per heavy atom. The first-order valence-corrected chi connectivity index (χ1v) is 4.03. The lowest BCUT2D eigenvalue weighted by atomic mass is 10.1. The van der Waals surface area contributed by atoms with E-state index in [9.17, 15) is 4.79 Å². The van der Waals surface area contributed by atoms with Gasteiger partial charge in [0.1, 0.15) is 5.75 Å². The first-order valence-electron chi connectivity index (χ1n) is 4.03. The van der Waals surface area contributed by atoms with Crippen LogP contribution in [0.5, 0.6) is 5.75 Å². The second-order valence-corrected chi connectivity index (χ2v) is 2.61. The van der Waals surface area contributed by atoms with E-state index in [4.69, 9.17) is 10.00 Å². The van der Waals surface area contributed by atoms with E-state index in [1.165, 1.54) is 20.2 Å². The van der Waals surface area contributed by atoms with Crippen LogP contribution in [0.15, 0.2) is 18.2 Å². The fourth-order valence-electron chi connectivity index (χ4n) is 1.09. The maximum absolute atomic E-state index is 11.4. The highest BCUT2D eigenvalue weighted by atomic mass is 16.5. The number of carbonyl (C=O) groups is 1. The number of ether oxygens (including phenoxy) is 1. The summed E-state index contributed by atoms with van der Waals surface area (Å²) in [5, 5.41) is 11.1. The average molecular weight is 190 g/mol. The molecule has 1 aromatic rings. The van der Waals surface area contributed by atoms with Crippen LogP contribution in [0, 0.1) is 11.3 Å². The number of nitriles is 1. The lowest BCUT2D eigenvalue weighted by Crippen LogP contribution is -2.18. The molecule has 0 spiro atoms. The summed E-state index contributed by atoms with van der Waals surface area (Å²) in [5.74, 6) is 0.197. The molecule has 0 aliphatic heterocycles. The molecule has 0 bridgehead atoms. The lowest BCUT2D eigenvalue weighted by molar-refractivity contribution is 0.0960. The molecule has 0 saturated carbocycles. The van der Waals surface area contributed by atoms with E-state index >= 15 is 0 Å². The van der Waals surface area contributed by atoms with Gasteiger partial charge in [-0.2, -0.15) is 5.26 Å². The van der Waals surface area contributed by atoms with Gasteiger partial charge >= 0.3 is 0 Å². The third-order valence-corrected chi connectivity index (χ3v) is 1.80. The number of nitrogens with zero attached hydrogens (tertiary/aromatic N) is 1. The van der Waals surface area contributed by atoms with Gasteiger partial charge in [-0.1, -0.05) is 0 Å². The van der Waals surface area contributed by atoms with Gasteiger partial charge in [-0.25, -0.2) is 0 Å². The Hall–Kier alpha value is -2.02. The van der Waals surface area contributed by atoms with Crippen molar-refractivity contribution in [3.8, 4) is 11.8 Å². The lowest BCUT2D eigenvalue weighted by Gasteiger charge is -2.06. The molecule has 4 nitrogen and oxygen atoms in total. The smallest absolute Gasteiger partial charge is 0.254 e. The molecule has 0 fully saturated rings. The molecule has 1 aromatic carbocycles. The third-order valence-electron chi connectivity index (χ3n) is 1.80. The van der Waals surface area contributed by atoms with Crippen LogP contribution in [0.3, 0.4) is 0 Å². The van der Waals surface area contributed by atoms with Crippen molar-refractivity contribution in [1.82, 2.24) is 5.32 Å². The number of carbonyl (C=O) groups excluding carboxylic acids is 1. The van der Waals surface area contributed by atoms with Crippen molar-refractivity contribution in [2.75, 3.05) is 14.2 Å². The summed E-state index contributed by atoms with van der Waals surface area (Å²) in [6.07, 6.45) is 0. The summed E-state index contributed by atoms with van der Waals surface area (Å²) in [6.45, 7) is 0. The highest BCUT2D eigenvalue weighted by molar-refractivity contribution is 5.97. The first kappa shape index (κ1) is 10.1. The topological polar surface area (TPSA) is 62.1 Å². The Kier molecular flexibility index (Phi) is 3.08. The Balaban J connectivity index is 3.23. The molecular formula is C10H10N2O2. The van der Waals surface area contributed by atoms with Crippen LogP contribution >= 0.6 is 0 Å². The van der Waals surface area contributed by atoms with E-state index in [0.717, 1.165) is 0 Å². The predicted molar refractivity (Wildman–Crippen MR) is 51.1 cm³/mol. The number of hydrogen-bond acceptors (Lipinski definition) is 3. The number of rotatable bonds is 2. The molecule has 0 aliphatic rings. The van der Waals surface area contributed by atoms with Crippen LogP contribution in [0.1, 0.15) is 15.9 Å². The van der Waals surface area contributed by atoms with Crippen molar-refractivity contribution in [1.29, 1.82) is 5.26 Å². The van der Waals surface area contributed by atoms with Gasteiger partial charge in [0.2, 0.25) is 0 Å². The van der Waals surface area contributed by atoms with Crippen LogP contribution in [-0.2, 0) is 0 Å². The maximum Gasteiger partial charge on any atom is 0.254 e. The van der Waals surface area contributed by atoms with Gasteiger partial charge in [0.15, 0.2) is 0 Å². The molecular weight excluding hydrogens is 180 g/mol. The largest absolute Gasteiger partial charge is 0.496 e. The fourth-order valence-corrected chi connectivity index (χ4v) is 1.09. The van der Waals surface area contributed by atoms with E-state index in [1.54, 1.807) is 12.1 Å². The van der Waals surface area contributed by atoms with E-state index < -0.39 is 0 Å². The van der Waals surface area contributed by atoms with Crippen molar-refractivity contribution in [2.24, 2.45) is 0 Å². The van der Waals surface area contributed by atoms with Gasteiger partial charge in [-0.3, -0.25) is 4.79 Å². The highest BCUT2D eigenvalue weighted by Gasteiger charge is 2.10. The minimum Gasteiger partial charge on any atom is -0.496 e. The zero-order valence-corrected chi connectivity index (χ0v) is 8.00. The summed E-state index contributed by atoms with van der Waals surface area (Å²) in [5.41, 5.74) is 0.804. The van der Waals surface area contributed by atoms with E-state index in [-0.39, 0.29) is 5.91 Å². The van der Waals surface area contributed by atoms with Crippen molar-refractivity contribution in [3.05, 3.63) is 29.3 Å². The molecule has 0 atom stereocenters. The molecule has 0 radical (unpaired) electrons. The SMILES string of the molecule is CNC(=O)c1cc(C#N)ccc1OC. The number of nitrogens with one attached hydrogen (secondary N) is 1. The summed E-state index contributed by atoms with van der Waals surface area (Å²) < 4.78 is 5.00.